The minimum absolute atomic E-state index is 0.0222. The summed E-state index contributed by atoms with van der Waals surface area (Å²) in [5, 5.41) is 63.0. The minimum atomic E-state index is -4.86. The second kappa shape index (κ2) is 14.8. The van der Waals surface area contributed by atoms with Crippen molar-refractivity contribution in [2.45, 2.75) is 114 Å². The molecular formula is C24H47N3O15S. The summed E-state index contributed by atoms with van der Waals surface area (Å²) in [6, 6.07) is -4.13. The first kappa shape index (κ1) is 36.8. The number of aliphatic hydroxyl groups excluding tert-OH is 6. The summed E-state index contributed by atoms with van der Waals surface area (Å²) in [4.78, 5) is 0. The van der Waals surface area contributed by atoms with Crippen molar-refractivity contribution in [3.05, 3.63) is 0 Å². The van der Waals surface area contributed by atoms with Gasteiger partial charge in [-0.3, -0.25) is 4.55 Å². The Balaban J connectivity index is 1.78. The average Bonchev–Trinajstić information content (AvgIpc) is 2.92. The summed E-state index contributed by atoms with van der Waals surface area (Å²) in [6.45, 7) is 5.23. The Kier molecular flexibility index (Phi) is 12.7. The Bertz CT molecular complexity index is 986. The van der Waals surface area contributed by atoms with Crippen molar-refractivity contribution in [2.75, 3.05) is 26.4 Å². The van der Waals surface area contributed by atoms with E-state index in [9.17, 15) is 43.6 Å². The van der Waals surface area contributed by atoms with E-state index >= 15 is 0 Å². The molecule has 3 rings (SSSR count). The normalized spacial score (nSPS) is 44.8. The number of rotatable bonds is 11. The lowest BCUT2D eigenvalue weighted by Gasteiger charge is -2.51. The zero-order valence-corrected chi connectivity index (χ0v) is 25.3. The van der Waals surface area contributed by atoms with Crippen LogP contribution in [0.25, 0.3) is 0 Å². The molecule has 15 unspecified atom stereocenters. The number of nitrogens with two attached hydrogens (primary N) is 2. The maximum Gasteiger partial charge on any atom is 0.333 e. The van der Waals surface area contributed by atoms with Gasteiger partial charge >= 0.3 is 10.3 Å². The second-order valence-electron chi connectivity index (χ2n) is 12.0. The number of aliphatic hydroxyl groups is 6. The maximum atomic E-state index is 11.5. The molecule has 19 heteroatoms. The third-order valence-corrected chi connectivity index (χ3v) is 8.49. The van der Waals surface area contributed by atoms with Gasteiger partial charge in [-0.25, -0.2) is 0 Å². The molecule has 3 fully saturated rings. The molecule has 43 heavy (non-hydrogen) atoms. The largest absolute Gasteiger partial charge is 0.394 e. The fourth-order valence-corrected chi connectivity index (χ4v) is 6.44. The van der Waals surface area contributed by atoms with Crippen LogP contribution in [0.1, 0.15) is 27.7 Å². The smallest absolute Gasteiger partial charge is 0.333 e. The van der Waals surface area contributed by atoms with Crippen molar-refractivity contribution < 1.29 is 72.0 Å². The Hall–Kier alpha value is -0.690. The van der Waals surface area contributed by atoms with Crippen molar-refractivity contribution in [2.24, 2.45) is 22.8 Å². The molecule has 3 aliphatic rings. The molecule has 0 aliphatic carbocycles. The van der Waals surface area contributed by atoms with Gasteiger partial charge in [0.25, 0.3) is 0 Å². The maximum absolute atomic E-state index is 11.5. The summed E-state index contributed by atoms with van der Waals surface area (Å²) in [5.74, 6) is -0.557. The molecule has 0 aromatic heterocycles. The van der Waals surface area contributed by atoms with Crippen LogP contribution in [0, 0.1) is 11.3 Å². The van der Waals surface area contributed by atoms with Crippen LogP contribution in [-0.2, 0) is 38.7 Å². The molecular weight excluding hydrogens is 602 g/mol. The van der Waals surface area contributed by atoms with Gasteiger partial charge in [-0.1, -0.05) is 20.8 Å². The van der Waals surface area contributed by atoms with Crippen molar-refractivity contribution in [3.8, 4) is 0 Å². The number of hydrogen-bond donors (Lipinski definition) is 10. The topological polar surface area (TPSA) is 295 Å². The van der Waals surface area contributed by atoms with Crippen LogP contribution in [0.4, 0.5) is 0 Å². The highest BCUT2D eigenvalue weighted by Gasteiger charge is 2.54. The molecule has 0 saturated carbocycles. The zero-order valence-electron chi connectivity index (χ0n) is 24.4. The second-order valence-corrected chi connectivity index (χ2v) is 13.2. The van der Waals surface area contributed by atoms with E-state index in [0.29, 0.717) is 0 Å². The highest BCUT2D eigenvalue weighted by atomic mass is 32.2. The number of hydrogen-bond acceptors (Lipinski definition) is 16. The van der Waals surface area contributed by atoms with E-state index < -0.39 is 127 Å². The summed E-state index contributed by atoms with van der Waals surface area (Å²) < 4.78 is 68.4. The SMILES string of the molecule is CCOC1OC(CO)C(OC2OC(CO)C(OC3OC(CO)C(C(C)(C)C)C(O)C3N)C(O)C2N)C(O)C1NS(=O)(=O)O. The van der Waals surface area contributed by atoms with E-state index in [1.54, 1.807) is 11.6 Å². The summed E-state index contributed by atoms with van der Waals surface area (Å²) >= 11 is 0. The van der Waals surface area contributed by atoms with E-state index in [1.807, 2.05) is 20.8 Å². The summed E-state index contributed by atoms with van der Waals surface area (Å²) in [6.07, 6.45) is -15.3. The first-order valence-electron chi connectivity index (χ1n) is 14.0. The van der Waals surface area contributed by atoms with E-state index in [2.05, 4.69) is 0 Å². The molecule has 3 saturated heterocycles. The molecule has 18 nitrogen and oxygen atoms in total. The molecule has 0 radical (unpaired) electrons. The van der Waals surface area contributed by atoms with Crippen molar-refractivity contribution in [1.82, 2.24) is 4.72 Å². The number of ether oxygens (including phenoxy) is 6. The lowest BCUT2D eigenvalue weighted by Crippen LogP contribution is -2.70. The molecule has 0 spiro atoms. The molecule has 12 N–H and O–H groups in total. The predicted octanol–water partition coefficient (Wildman–Crippen LogP) is -4.89. The first-order chi connectivity index (χ1) is 20.0. The fraction of sp³-hybridized carbons (Fsp3) is 1.00. The highest BCUT2D eigenvalue weighted by molar-refractivity contribution is 7.83. The lowest BCUT2D eigenvalue weighted by molar-refractivity contribution is -0.350. The van der Waals surface area contributed by atoms with Crippen molar-refractivity contribution in [1.29, 1.82) is 0 Å². The van der Waals surface area contributed by atoms with Crippen LogP contribution in [0.3, 0.4) is 0 Å². The minimum Gasteiger partial charge on any atom is -0.394 e. The van der Waals surface area contributed by atoms with E-state index in [0.717, 1.165) is 0 Å². The molecule has 0 aromatic rings. The van der Waals surface area contributed by atoms with Gasteiger partial charge in [0.05, 0.1) is 44.1 Å². The monoisotopic (exact) mass is 649 g/mol. The Morgan fingerprint density at radius 1 is 0.767 bits per heavy atom. The zero-order chi connectivity index (χ0) is 32.4. The molecule has 3 aliphatic heterocycles. The third-order valence-electron chi connectivity index (χ3n) is 7.92. The molecule has 0 bridgehead atoms. The molecule has 3 heterocycles. The van der Waals surface area contributed by atoms with Gasteiger partial charge in [-0.2, -0.15) is 13.1 Å². The summed E-state index contributed by atoms with van der Waals surface area (Å²) in [5.41, 5.74) is 11.9. The summed E-state index contributed by atoms with van der Waals surface area (Å²) in [7, 11) is -4.86. The van der Waals surface area contributed by atoms with Gasteiger partial charge in [0.1, 0.15) is 42.7 Å². The van der Waals surface area contributed by atoms with Gasteiger partial charge in [-0.15, -0.1) is 0 Å². The van der Waals surface area contributed by atoms with Crippen LogP contribution in [0.5, 0.6) is 0 Å². The van der Waals surface area contributed by atoms with Crippen LogP contribution in [0.15, 0.2) is 0 Å². The van der Waals surface area contributed by atoms with Crippen molar-refractivity contribution in [3.63, 3.8) is 0 Å². The van der Waals surface area contributed by atoms with E-state index in [4.69, 9.17) is 39.9 Å². The van der Waals surface area contributed by atoms with Crippen LogP contribution < -0.4 is 16.2 Å². The van der Waals surface area contributed by atoms with Gasteiger partial charge in [-0.05, 0) is 12.3 Å². The molecule has 15 atom stereocenters. The molecule has 254 valence electrons. The Labute approximate surface area is 250 Å². The Morgan fingerprint density at radius 3 is 1.65 bits per heavy atom. The van der Waals surface area contributed by atoms with Crippen LogP contribution in [-0.4, -0.2) is 156 Å². The van der Waals surface area contributed by atoms with Crippen LogP contribution >= 0.6 is 0 Å². The van der Waals surface area contributed by atoms with E-state index in [-0.39, 0.29) is 6.61 Å². The fourth-order valence-electron chi connectivity index (χ4n) is 5.84. The average molecular weight is 650 g/mol. The quantitative estimate of drug-likeness (QED) is 0.0938. The standard InChI is InChI=1S/C24H47N3O15S/c1-5-37-23-15(27-43(34,35)36)18(33)20(11(8-30)40-23)42-22-14(26)17(32)19(10(7-29)39-22)41-21-13(25)16(31)12(24(2,3)4)9(6-28)38-21/h9-23,27-33H,5-8,25-26H2,1-4H3,(H,34,35,36). The predicted molar refractivity (Wildman–Crippen MR) is 144 cm³/mol. The van der Waals surface area contributed by atoms with Gasteiger partial charge in [0.2, 0.25) is 0 Å². The van der Waals surface area contributed by atoms with Crippen molar-refractivity contribution >= 4 is 10.3 Å². The van der Waals surface area contributed by atoms with Gasteiger partial charge in [0, 0.05) is 12.5 Å². The molecule has 0 aromatic carbocycles. The first-order valence-corrected chi connectivity index (χ1v) is 15.4. The van der Waals surface area contributed by atoms with Gasteiger partial charge < -0.3 is 70.5 Å². The lowest BCUT2D eigenvalue weighted by atomic mass is 9.71. The number of nitrogens with one attached hydrogen (secondary N) is 1. The Morgan fingerprint density at radius 2 is 1.21 bits per heavy atom. The molecule has 0 amide bonds. The highest BCUT2D eigenvalue weighted by Crippen LogP contribution is 2.39. The van der Waals surface area contributed by atoms with Crippen LogP contribution in [0.2, 0.25) is 0 Å². The van der Waals surface area contributed by atoms with Gasteiger partial charge in [0.15, 0.2) is 18.9 Å². The van der Waals surface area contributed by atoms with E-state index in [1.165, 1.54) is 0 Å². The third kappa shape index (κ3) is 8.37.